The van der Waals surface area contributed by atoms with Crippen LogP contribution in [0, 0.1) is 0 Å². The molecule has 1 aliphatic heterocycles. The molecule has 0 aromatic heterocycles. The van der Waals surface area contributed by atoms with Gasteiger partial charge in [0.1, 0.15) is 0 Å². The molecule has 5 heteroatoms. The molecule has 0 fully saturated rings. The average Bonchev–Trinajstić information content (AvgIpc) is 2.38. The van der Waals surface area contributed by atoms with Gasteiger partial charge < -0.3 is 0 Å². The second-order valence-electron chi connectivity index (χ2n) is 2.14. The third-order valence-electron chi connectivity index (χ3n) is 1.03. The van der Waals surface area contributed by atoms with E-state index in [-0.39, 0.29) is 11.8 Å². The third-order valence-corrected chi connectivity index (χ3v) is 1.03. The quantitative estimate of drug-likeness (QED) is 0.284. The highest BCUT2D eigenvalue weighted by atomic mass is 16.2. The minimum absolute atomic E-state index is 0.329. The van der Waals surface area contributed by atoms with Crippen molar-refractivity contribution >= 4 is 11.8 Å². The minimum atomic E-state index is -0.329. The summed E-state index contributed by atoms with van der Waals surface area (Å²) in [6, 6.07) is 0. The van der Waals surface area contributed by atoms with E-state index in [4.69, 9.17) is 5.84 Å². The van der Waals surface area contributed by atoms with E-state index >= 15 is 0 Å². The number of nitrogens with two attached hydrogens (primary N) is 1. The van der Waals surface area contributed by atoms with Gasteiger partial charge in [-0.05, 0) is 6.42 Å². The van der Waals surface area contributed by atoms with Crippen LogP contribution in [0.25, 0.3) is 0 Å². The van der Waals surface area contributed by atoms with Gasteiger partial charge in [-0.1, -0.05) is 6.92 Å². The van der Waals surface area contributed by atoms with Crippen molar-refractivity contribution in [1.82, 2.24) is 10.7 Å². The number of imide groups is 1. The van der Waals surface area contributed by atoms with E-state index < -0.39 is 0 Å². The number of amides is 2. The molecule has 0 aromatic rings. The molecule has 0 aliphatic carbocycles. The molecule has 0 saturated carbocycles. The monoisotopic (exact) mass is 171 g/mol. The van der Waals surface area contributed by atoms with Crippen molar-refractivity contribution in [2.75, 3.05) is 6.54 Å². The first-order valence-corrected chi connectivity index (χ1v) is 3.67. The molecule has 1 rings (SSSR count). The summed E-state index contributed by atoms with van der Waals surface area (Å²) in [5.41, 5.74) is 2.52. The summed E-state index contributed by atoms with van der Waals surface area (Å²) in [6.45, 7) is 2.99. The first-order chi connectivity index (χ1) is 5.70. The van der Waals surface area contributed by atoms with Gasteiger partial charge in [-0.25, -0.2) is 0 Å². The second-order valence-corrected chi connectivity index (χ2v) is 2.14. The molecule has 5 nitrogen and oxygen atoms in total. The van der Waals surface area contributed by atoms with Crippen molar-refractivity contribution in [3.05, 3.63) is 12.2 Å². The van der Waals surface area contributed by atoms with E-state index in [1.165, 1.54) is 12.2 Å². The number of hydrazine groups is 1. The highest BCUT2D eigenvalue weighted by Gasteiger charge is 2.06. The summed E-state index contributed by atoms with van der Waals surface area (Å²) >= 11 is 0. The first-order valence-electron chi connectivity index (χ1n) is 3.67. The topological polar surface area (TPSA) is 84.2 Å². The van der Waals surface area contributed by atoms with Crippen LogP contribution in [0.5, 0.6) is 0 Å². The molecule has 1 heterocycles. The normalized spacial score (nSPS) is 13.8. The van der Waals surface area contributed by atoms with E-state index in [1.54, 1.807) is 0 Å². The number of nitrogens with one attached hydrogen (secondary N) is 2. The molecule has 68 valence electrons. The molecular formula is C7H13N3O2. The molecule has 2 amide bonds. The number of hydrogen-bond donors (Lipinski definition) is 3. The Kier molecular flexibility index (Phi) is 5.86. The van der Waals surface area contributed by atoms with Crippen molar-refractivity contribution in [2.24, 2.45) is 5.84 Å². The molecule has 0 aromatic carbocycles. The number of hydrogen-bond acceptors (Lipinski definition) is 4. The van der Waals surface area contributed by atoms with Crippen molar-refractivity contribution in [2.45, 2.75) is 13.3 Å². The molecule has 0 atom stereocenters. The van der Waals surface area contributed by atoms with Crippen molar-refractivity contribution in [3.63, 3.8) is 0 Å². The summed E-state index contributed by atoms with van der Waals surface area (Å²) in [6.07, 6.45) is 3.50. The van der Waals surface area contributed by atoms with Gasteiger partial charge in [-0.3, -0.25) is 26.2 Å². The van der Waals surface area contributed by atoms with Crippen molar-refractivity contribution in [3.8, 4) is 0 Å². The van der Waals surface area contributed by atoms with Crippen LogP contribution in [0.4, 0.5) is 0 Å². The van der Waals surface area contributed by atoms with Gasteiger partial charge in [-0.2, -0.15) is 0 Å². The Bertz CT molecular complexity index is 171. The Labute approximate surface area is 71.0 Å². The Morgan fingerprint density at radius 3 is 2.00 bits per heavy atom. The predicted octanol–water partition coefficient (Wildman–Crippen LogP) is -0.941. The second kappa shape index (κ2) is 6.51. The summed E-state index contributed by atoms with van der Waals surface area (Å²) in [7, 11) is 0. The highest BCUT2D eigenvalue weighted by Crippen LogP contribution is 1.82. The molecular weight excluding hydrogens is 158 g/mol. The van der Waals surface area contributed by atoms with Gasteiger partial charge in [0, 0.05) is 18.7 Å². The molecule has 0 bridgehead atoms. The zero-order valence-corrected chi connectivity index (χ0v) is 6.96. The number of carbonyl (C=O) groups is 2. The Balaban J connectivity index is 0.000000217. The van der Waals surface area contributed by atoms with Crippen molar-refractivity contribution in [1.29, 1.82) is 0 Å². The standard InChI is InChI=1S/C4H3NO2.C3H10N2/c6-3-1-2-4(7)5-3;1-2-3-5-4/h1-2H,(H,5,6,7);5H,2-4H2,1H3. The van der Waals surface area contributed by atoms with Gasteiger partial charge in [-0.15, -0.1) is 0 Å². The zero-order chi connectivity index (χ0) is 9.40. The molecule has 1 aliphatic rings. The van der Waals surface area contributed by atoms with Crippen LogP contribution < -0.4 is 16.6 Å². The van der Waals surface area contributed by atoms with E-state index in [9.17, 15) is 9.59 Å². The third kappa shape index (κ3) is 5.57. The molecule has 0 radical (unpaired) electrons. The fraction of sp³-hybridized carbons (Fsp3) is 0.429. The summed E-state index contributed by atoms with van der Waals surface area (Å²) < 4.78 is 0. The van der Waals surface area contributed by atoms with E-state index in [1.807, 2.05) is 5.32 Å². The summed E-state index contributed by atoms with van der Waals surface area (Å²) in [4.78, 5) is 20.1. The molecule has 0 unspecified atom stereocenters. The fourth-order valence-electron chi connectivity index (χ4n) is 0.500. The van der Waals surface area contributed by atoms with E-state index in [2.05, 4.69) is 12.3 Å². The fourth-order valence-corrected chi connectivity index (χ4v) is 0.500. The van der Waals surface area contributed by atoms with Crippen LogP contribution in [-0.4, -0.2) is 18.4 Å². The minimum Gasteiger partial charge on any atom is -0.289 e. The van der Waals surface area contributed by atoms with Crippen LogP contribution >= 0.6 is 0 Å². The van der Waals surface area contributed by atoms with Crippen LogP contribution in [-0.2, 0) is 9.59 Å². The Morgan fingerprint density at radius 2 is 1.92 bits per heavy atom. The summed E-state index contributed by atoms with van der Waals surface area (Å²) in [5, 5.41) is 2.03. The van der Waals surface area contributed by atoms with E-state index in [0.717, 1.165) is 13.0 Å². The number of carbonyl (C=O) groups excluding carboxylic acids is 2. The average molecular weight is 171 g/mol. The maximum absolute atomic E-state index is 10.0. The van der Waals surface area contributed by atoms with Gasteiger partial charge in [0.05, 0.1) is 0 Å². The number of rotatable bonds is 2. The van der Waals surface area contributed by atoms with Crippen LogP contribution in [0.2, 0.25) is 0 Å². The lowest BCUT2D eigenvalue weighted by molar-refractivity contribution is -0.123. The predicted molar refractivity (Wildman–Crippen MR) is 44.8 cm³/mol. The van der Waals surface area contributed by atoms with Gasteiger partial charge in [0.25, 0.3) is 11.8 Å². The molecule has 4 N–H and O–H groups in total. The van der Waals surface area contributed by atoms with E-state index in [0.29, 0.717) is 0 Å². The molecule has 0 saturated heterocycles. The maximum atomic E-state index is 10.0. The van der Waals surface area contributed by atoms with Crippen LogP contribution in [0.3, 0.4) is 0 Å². The van der Waals surface area contributed by atoms with Crippen molar-refractivity contribution < 1.29 is 9.59 Å². The lowest BCUT2D eigenvalue weighted by Gasteiger charge is -1.85. The van der Waals surface area contributed by atoms with Gasteiger partial charge in [0.2, 0.25) is 0 Å². The van der Waals surface area contributed by atoms with Crippen LogP contribution in [0.15, 0.2) is 12.2 Å². The maximum Gasteiger partial charge on any atom is 0.250 e. The van der Waals surface area contributed by atoms with Crippen LogP contribution in [0.1, 0.15) is 13.3 Å². The Hall–Kier alpha value is -1.20. The SMILES string of the molecule is CCCNN.O=C1C=CC(=O)N1. The Morgan fingerprint density at radius 1 is 1.42 bits per heavy atom. The smallest absolute Gasteiger partial charge is 0.250 e. The largest absolute Gasteiger partial charge is 0.289 e. The molecule has 12 heavy (non-hydrogen) atoms. The van der Waals surface area contributed by atoms with Gasteiger partial charge in [0.15, 0.2) is 0 Å². The lowest BCUT2D eigenvalue weighted by atomic mass is 10.5. The highest BCUT2D eigenvalue weighted by molar-refractivity contribution is 6.12. The van der Waals surface area contributed by atoms with Gasteiger partial charge >= 0.3 is 0 Å². The lowest BCUT2D eigenvalue weighted by Crippen LogP contribution is -2.21. The molecule has 0 spiro atoms. The zero-order valence-electron chi connectivity index (χ0n) is 6.96. The summed E-state index contributed by atoms with van der Waals surface area (Å²) in [5.74, 6) is 4.23. The first kappa shape index (κ1) is 10.8.